The van der Waals surface area contributed by atoms with E-state index >= 15 is 0 Å². The highest BCUT2D eigenvalue weighted by Gasteiger charge is 2.40. The predicted molar refractivity (Wildman–Crippen MR) is 85.1 cm³/mol. The summed E-state index contributed by atoms with van der Waals surface area (Å²) in [6.45, 7) is 0. The molecule has 0 bridgehead atoms. The van der Waals surface area contributed by atoms with Crippen molar-refractivity contribution in [2.45, 2.75) is 12.5 Å². The minimum Gasteiger partial charge on any atom is -0.457 e. The molecule has 1 saturated heterocycles. The van der Waals surface area contributed by atoms with Gasteiger partial charge in [0.25, 0.3) is 5.69 Å². The Hall–Kier alpha value is -3.22. The van der Waals surface area contributed by atoms with Crippen molar-refractivity contribution in [3.63, 3.8) is 0 Å². The van der Waals surface area contributed by atoms with Crippen molar-refractivity contribution >= 4 is 23.3 Å². The first-order chi connectivity index (χ1) is 11.5. The summed E-state index contributed by atoms with van der Waals surface area (Å²) in [6, 6.07) is 14.7. The number of nitrogens with zero attached hydrogens (tertiary/aromatic N) is 1. The van der Waals surface area contributed by atoms with Gasteiger partial charge >= 0.3 is 5.97 Å². The quantitative estimate of drug-likeness (QED) is 0.529. The van der Waals surface area contributed by atoms with Crippen LogP contribution >= 0.6 is 0 Å². The minimum atomic E-state index is -0.681. The van der Waals surface area contributed by atoms with Gasteiger partial charge in [-0.15, -0.1) is 0 Å². The molecule has 0 aromatic heterocycles. The van der Waals surface area contributed by atoms with E-state index in [4.69, 9.17) is 4.74 Å². The number of carbonyl (C=O) groups excluding carboxylic acids is 2. The molecule has 1 aliphatic rings. The zero-order valence-corrected chi connectivity index (χ0v) is 12.5. The van der Waals surface area contributed by atoms with E-state index in [1.807, 2.05) is 6.07 Å². The van der Waals surface area contributed by atoms with Crippen LogP contribution in [0.2, 0.25) is 0 Å². The molecule has 7 heteroatoms. The third kappa shape index (κ3) is 3.24. The molecule has 0 radical (unpaired) electrons. The highest BCUT2D eigenvalue weighted by atomic mass is 16.6. The Morgan fingerprint density at radius 2 is 1.92 bits per heavy atom. The number of amides is 1. The Morgan fingerprint density at radius 3 is 2.62 bits per heavy atom. The molecule has 0 spiro atoms. The largest absolute Gasteiger partial charge is 0.457 e. The van der Waals surface area contributed by atoms with E-state index < -0.39 is 28.8 Å². The monoisotopic (exact) mass is 326 g/mol. The van der Waals surface area contributed by atoms with Crippen LogP contribution in [0.4, 0.5) is 11.4 Å². The first-order valence-electron chi connectivity index (χ1n) is 7.34. The third-order valence-corrected chi connectivity index (χ3v) is 3.80. The second kappa shape index (κ2) is 6.49. The maximum Gasteiger partial charge on any atom is 0.307 e. The van der Waals surface area contributed by atoms with Crippen LogP contribution in [0.5, 0.6) is 0 Å². The molecule has 0 unspecified atom stereocenters. The molecule has 1 fully saturated rings. The van der Waals surface area contributed by atoms with E-state index in [-0.39, 0.29) is 12.1 Å². The van der Waals surface area contributed by atoms with Gasteiger partial charge in [0, 0.05) is 17.8 Å². The molecule has 122 valence electrons. The fourth-order valence-corrected chi connectivity index (χ4v) is 2.66. The van der Waals surface area contributed by atoms with Gasteiger partial charge in [-0.25, -0.2) is 0 Å². The van der Waals surface area contributed by atoms with E-state index in [9.17, 15) is 19.7 Å². The molecule has 2 aromatic carbocycles. The average Bonchev–Trinajstić information content (AvgIpc) is 2.98. The van der Waals surface area contributed by atoms with Gasteiger partial charge in [0.05, 0.1) is 17.3 Å². The van der Waals surface area contributed by atoms with Gasteiger partial charge in [-0.1, -0.05) is 36.4 Å². The number of hydrogen-bond donors (Lipinski definition) is 1. The molecule has 1 aliphatic heterocycles. The Morgan fingerprint density at radius 1 is 1.17 bits per heavy atom. The van der Waals surface area contributed by atoms with Crippen LogP contribution in [-0.4, -0.2) is 16.8 Å². The fraction of sp³-hybridized carbons (Fsp3) is 0.176. The average molecular weight is 326 g/mol. The summed E-state index contributed by atoms with van der Waals surface area (Å²) in [5.41, 5.74) is 0.925. The Labute approximate surface area is 137 Å². The van der Waals surface area contributed by atoms with Crippen LogP contribution in [0.3, 0.4) is 0 Å². The van der Waals surface area contributed by atoms with Crippen molar-refractivity contribution in [2.75, 3.05) is 5.32 Å². The van der Waals surface area contributed by atoms with Crippen LogP contribution in [0.15, 0.2) is 54.6 Å². The Balaban J connectivity index is 1.79. The van der Waals surface area contributed by atoms with Gasteiger partial charge in [-0.2, -0.15) is 0 Å². The number of esters is 1. The van der Waals surface area contributed by atoms with Gasteiger partial charge < -0.3 is 10.1 Å². The van der Waals surface area contributed by atoms with Gasteiger partial charge in [0.2, 0.25) is 5.91 Å². The molecule has 0 aliphatic carbocycles. The summed E-state index contributed by atoms with van der Waals surface area (Å²) >= 11 is 0. The van der Waals surface area contributed by atoms with Crippen molar-refractivity contribution in [3.8, 4) is 0 Å². The number of nitro benzene ring substituents is 1. The van der Waals surface area contributed by atoms with Crippen molar-refractivity contribution in [1.82, 2.24) is 0 Å². The summed E-state index contributed by atoms with van der Waals surface area (Å²) < 4.78 is 5.27. The van der Waals surface area contributed by atoms with Crippen LogP contribution in [0.25, 0.3) is 0 Å². The number of rotatable bonds is 4. The number of cyclic esters (lactones) is 1. The molecule has 7 nitrogen and oxygen atoms in total. The maximum atomic E-state index is 12.5. The number of nitrogens with one attached hydrogen (secondary N) is 1. The number of carbonyl (C=O) groups is 2. The normalized spacial score (nSPS) is 19.6. The van der Waals surface area contributed by atoms with Crippen LogP contribution in [-0.2, 0) is 14.3 Å². The molecule has 2 aromatic rings. The molecule has 3 rings (SSSR count). The molecular weight excluding hydrogens is 312 g/mol. The first kappa shape index (κ1) is 15.7. The molecule has 24 heavy (non-hydrogen) atoms. The smallest absolute Gasteiger partial charge is 0.307 e. The molecule has 2 atom stereocenters. The SMILES string of the molecule is O=C1C[C@H](C(=O)Nc2cccc([N+](=O)[O-])c2)[C@@H](c2ccccc2)O1. The summed E-state index contributed by atoms with van der Waals surface area (Å²) in [7, 11) is 0. The number of nitro groups is 1. The van der Waals surface area contributed by atoms with Crippen LogP contribution in [0, 0.1) is 16.0 Å². The van der Waals surface area contributed by atoms with Crippen LogP contribution < -0.4 is 5.32 Å². The summed E-state index contributed by atoms with van der Waals surface area (Å²) in [5, 5.41) is 13.4. The van der Waals surface area contributed by atoms with Gasteiger partial charge in [0.1, 0.15) is 6.10 Å². The van der Waals surface area contributed by atoms with E-state index in [1.54, 1.807) is 30.3 Å². The van der Waals surface area contributed by atoms with E-state index in [0.29, 0.717) is 5.69 Å². The zero-order valence-electron chi connectivity index (χ0n) is 12.5. The van der Waals surface area contributed by atoms with E-state index in [1.165, 1.54) is 18.2 Å². The maximum absolute atomic E-state index is 12.5. The molecule has 0 saturated carbocycles. The fourth-order valence-electron chi connectivity index (χ4n) is 2.66. The summed E-state index contributed by atoms with van der Waals surface area (Å²) in [6.07, 6.45) is -0.683. The van der Waals surface area contributed by atoms with Gasteiger partial charge in [0.15, 0.2) is 0 Å². The number of ether oxygens (including phenoxy) is 1. The lowest BCUT2D eigenvalue weighted by Gasteiger charge is -2.17. The van der Waals surface area contributed by atoms with E-state index in [0.717, 1.165) is 5.56 Å². The van der Waals surface area contributed by atoms with E-state index in [2.05, 4.69) is 5.32 Å². The lowest BCUT2D eigenvalue weighted by atomic mass is 9.94. The molecule has 1 N–H and O–H groups in total. The van der Waals surface area contributed by atoms with Crippen molar-refractivity contribution in [1.29, 1.82) is 0 Å². The third-order valence-electron chi connectivity index (χ3n) is 3.80. The predicted octanol–water partition coefficient (Wildman–Crippen LogP) is 2.84. The molecule has 1 heterocycles. The highest BCUT2D eigenvalue weighted by Crippen LogP contribution is 2.36. The molecule has 1 amide bonds. The number of benzene rings is 2. The van der Waals surface area contributed by atoms with Crippen molar-refractivity contribution in [3.05, 3.63) is 70.3 Å². The lowest BCUT2D eigenvalue weighted by Crippen LogP contribution is -2.25. The number of anilines is 1. The topological polar surface area (TPSA) is 98.5 Å². The standard InChI is InChI=1S/C17H14N2O5/c20-15-10-14(16(24-15)11-5-2-1-3-6-11)17(21)18-12-7-4-8-13(9-12)19(22)23/h1-9,14,16H,10H2,(H,18,21)/t14-,16+/m0/s1. The second-order valence-electron chi connectivity index (χ2n) is 5.43. The van der Waals surface area contributed by atoms with Crippen LogP contribution in [0.1, 0.15) is 18.1 Å². The highest BCUT2D eigenvalue weighted by molar-refractivity contribution is 5.96. The Kier molecular flexibility index (Phi) is 4.24. The van der Waals surface area contributed by atoms with Crippen molar-refractivity contribution < 1.29 is 19.2 Å². The first-order valence-corrected chi connectivity index (χ1v) is 7.34. The van der Waals surface area contributed by atoms with Gasteiger partial charge in [-0.3, -0.25) is 19.7 Å². The number of hydrogen-bond acceptors (Lipinski definition) is 5. The minimum absolute atomic E-state index is 0.0275. The Bertz CT molecular complexity index is 791. The zero-order chi connectivity index (χ0) is 17.1. The number of non-ortho nitro benzene ring substituents is 1. The second-order valence-corrected chi connectivity index (χ2v) is 5.43. The van der Waals surface area contributed by atoms with Crippen molar-refractivity contribution in [2.24, 2.45) is 5.92 Å². The summed E-state index contributed by atoms with van der Waals surface area (Å²) in [5.74, 6) is -1.53. The summed E-state index contributed by atoms with van der Waals surface area (Å²) in [4.78, 5) is 34.4. The van der Waals surface area contributed by atoms with Gasteiger partial charge in [-0.05, 0) is 11.6 Å². The lowest BCUT2D eigenvalue weighted by molar-refractivity contribution is -0.384. The molecular formula is C17H14N2O5.